The van der Waals surface area contributed by atoms with Crippen LogP contribution in [0.25, 0.3) is 0 Å². The summed E-state index contributed by atoms with van der Waals surface area (Å²) in [6.45, 7) is 6.60. The van der Waals surface area contributed by atoms with Crippen LogP contribution in [-0.4, -0.2) is 11.9 Å². The minimum absolute atomic E-state index is 0.0313. The van der Waals surface area contributed by atoms with Crippen molar-refractivity contribution in [1.29, 1.82) is 0 Å². The normalized spacial score (nSPS) is 29.5. The van der Waals surface area contributed by atoms with E-state index in [1.807, 2.05) is 12.1 Å². The molecule has 3 N–H and O–H groups in total. The molecule has 0 aliphatic carbocycles. The Labute approximate surface area is 141 Å². The van der Waals surface area contributed by atoms with Crippen LogP contribution in [0.5, 0.6) is 0 Å². The molecule has 4 rings (SSSR count). The Morgan fingerprint density at radius 3 is 2.29 bits per heavy atom. The molecule has 4 unspecified atom stereocenters. The molecule has 126 valence electrons. The van der Waals surface area contributed by atoms with Gasteiger partial charge in [-0.3, -0.25) is 4.79 Å². The highest BCUT2D eigenvalue weighted by atomic mass is 16.3. The molecule has 5 heteroatoms. The third kappa shape index (κ3) is 2.44. The molecule has 0 saturated carbocycles. The molecule has 1 aromatic heterocycles. The average molecular weight is 325 g/mol. The number of hydrogen-bond donors (Lipinski definition) is 3. The van der Waals surface area contributed by atoms with E-state index in [0.717, 1.165) is 11.3 Å². The van der Waals surface area contributed by atoms with E-state index in [4.69, 9.17) is 4.42 Å². The van der Waals surface area contributed by atoms with Gasteiger partial charge in [0.05, 0.1) is 18.3 Å². The first-order valence-electron chi connectivity index (χ1n) is 8.40. The Hall–Kier alpha value is -2.11. The van der Waals surface area contributed by atoms with Gasteiger partial charge < -0.3 is 9.73 Å². The maximum Gasteiger partial charge on any atom is 0.239 e. The Kier molecular flexibility index (Phi) is 3.51. The number of hydrazine groups is 1. The number of nitrogens with one attached hydrogen (secondary N) is 3. The summed E-state index contributed by atoms with van der Waals surface area (Å²) in [4.78, 5) is 12.3. The Balaban J connectivity index is 1.66. The molecule has 0 radical (unpaired) electrons. The van der Waals surface area contributed by atoms with Crippen LogP contribution in [-0.2, 0) is 10.2 Å². The van der Waals surface area contributed by atoms with E-state index in [1.54, 1.807) is 6.26 Å². The van der Waals surface area contributed by atoms with Crippen molar-refractivity contribution in [3.63, 3.8) is 0 Å². The monoisotopic (exact) mass is 325 g/mol. The quantitative estimate of drug-likeness (QED) is 0.794. The van der Waals surface area contributed by atoms with Gasteiger partial charge in [0.15, 0.2) is 0 Å². The lowest BCUT2D eigenvalue weighted by molar-refractivity contribution is -0.121. The van der Waals surface area contributed by atoms with Gasteiger partial charge in [-0.1, -0.05) is 45.0 Å². The summed E-state index contributed by atoms with van der Waals surface area (Å²) < 4.78 is 5.57. The zero-order valence-electron chi connectivity index (χ0n) is 14.2. The minimum atomic E-state index is -0.243. The molecule has 1 aromatic carbocycles. The van der Waals surface area contributed by atoms with Crippen molar-refractivity contribution in [1.82, 2.24) is 16.2 Å². The molecule has 5 nitrogen and oxygen atoms in total. The fourth-order valence-electron chi connectivity index (χ4n) is 3.75. The number of fused-ring (bicyclic) bond motifs is 1. The number of hydrogen-bond acceptors (Lipinski definition) is 4. The molecule has 4 atom stereocenters. The number of benzene rings is 1. The zero-order valence-corrected chi connectivity index (χ0v) is 14.2. The minimum Gasteiger partial charge on any atom is -0.468 e. The summed E-state index contributed by atoms with van der Waals surface area (Å²) in [6.07, 6.45) is 1.67. The molecule has 2 aliphatic rings. The molecular formula is C19H23N3O2. The molecule has 24 heavy (non-hydrogen) atoms. The first-order valence-corrected chi connectivity index (χ1v) is 8.40. The molecule has 2 aliphatic heterocycles. The average Bonchev–Trinajstić information content (AvgIpc) is 3.24. The first kappa shape index (κ1) is 15.4. The summed E-state index contributed by atoms with van der Waals surface area (Å²) in [5.41, 5.74) is 8.88. The summed E-state index contributed by atoms with van der Waals surface area (Å²) in [5, 5.41) is 3.14. The van der Waals surface area contributed by atoms with E-state index >= 15 is 0 Å². The number of furan rings is 1. The molecule has 2 saturated heterocycles. The predicted octanol–water partition coefficient (Wildman–Crippen LogP) is 2.58. The van der Waals surface area contributed by atoms with Gasteiger partial charge in [0.2, 0.25) is 5.91 Å². The largest absolute Gasteiger partial charge is 0.468 e. The maximum absolute atomic E-state index is 12.3. The van der Waals surface area contributed by atoms with Gasteiger partial charge >= 0.3 is 0 Å². The van der Waals surface area contributed by atoms with E-state index in [-0.39, 0.29) is 35.4 Å². The second-order valence-electron chi connectivity index (χ2n) is 7.70. The van der Waals surface area contributed by atoms with Gasteiger partial charge in [-0.2, -0.15) is 0 Å². The smallest absolute Gasteiger partial charge is 0.239 e. The van der Waals surface area contributed by atoms with Gasteiger partial charge in [0, 0.05) is 5.92 Å². The van der Waals surface area contributed by atoms with E-state index in [2.05, 4.69) is 61.2 Å². The van der Waals surface area contributed by atoms with Crippen molar-refractivity contribution < 1.29 is 9.21 Å². The number of carbonyl (C=O) groups is 1. The lowest BCUT2D eigenvalue weighted by Crippen LogP contribution is -2.39. The third-order valence-electron chi connectivity index (χ3n) is 5.11. The fraction of sp³-hybridized carbons (Fsp3) is 0.421. The van der Waals surface area contributed by atoms with E-state index in [1.165, 1.54) is 5.56 Å². The van der Waals surface area contributed by atoms with Gasteiger partial charge in [-0.15, -0.1) is 0 Å². The van der Waals surface area contributed by atoms with Crippen LogP contribution < -0.4 is 16.2 Å². The van der Waals surface area contributed by atoms with Crippen molar-refractivity contribution in [3.8, 4) is 0 Å². The van der Waals surface area contributed by atoms with Crippen LogP contribution >= 0.6 is 0 Å². The summed E-state index contributed by atoms with van der Waals surface area (Å²) >= 11 is 0. The van der Waals surface area contributed by atoms with Gasteiger partial charge in [-0.05, 0) is 28.7 Å². The van der Waals surface area contributed by atoms with E-state index in [9.17, 15) is 4.79 Å². The van der Waals surface area contributed by atoms with Crippen LogP contribution in [0.1, 0.15) is 49.7 Å². The van der Waals surface area contributed by atoms with E-state index in [0.29, 0.717) is 0 Å². The molecule has 2 fully saturated rings. The second kappa shape index (κ2) is 5.46. The SMILES string of the molecule is CC(C)(C)c1ccc(C2NC(=O)C3NNC(c4ccco4)C32)cc1. The number of rotatable bonds is 2. The van der Waals surface area contributed by atoms with Crippen molar-refractivity contribution in [2.75, 3.05) is 0 Å². The summed E-state index contributed by atoms with van der Waals surface area (Å²) in [6, 6.07) is 12.1. The summed E-state index contributed by atoms with van der Waals surface area (Å²) in [7, 11) is 0. The Bertz CT molecular complexity index is 731. The van der Waals surface area contributed by atoms with Crippen LogP contribution in [0.4, 0.5) is 0 Å². The van der Waals surface area contributed by atoms with Crippen LogP contribution in [0, 0.1) is 5.92 Å². The molecule has 1 amide bonds. The molecule has 2 aromatic rings. The topological polar surface area (TPSA) is 66.3 Å². The highest BCUT2D eigenvalue weighted by Gasteiger charge is 2.52. The predicted molar refractivity (Wildman–Crippen MR) is 91.0 cm³/mol. The Morgan fingerprint density at radius 1 is 0.958 bits per heavy atom. The van der Waals surface area contributed by atoms with Crippen molar-refractivity contribution >= 4 is 5.91 Å². The molecule has 3 heterocycles. The van der Waals surface area contributed by atoms with Gasteiger partial charge in [-0.25, -0.2) is 10.9 Å². The van der Waals surface area contributed by atoms with E-state index < -0.39 is 0 Å². The Morgan fingerprint density at radius 2 is 1.67 bits per heavy atom. The fourth-order valence-corrected chi connectivity index (χ4v) is 3.75. The van der Waals surface area contributed by atoms with Gasteiger partial charge in [0.1, 0.15) is 11.8 Å². The summed E-state index contributed by atoms with van der Waals surface area (Å²) in [5.74, 6) is 0.957. The zero-order chi connectivity index (χ0) is 16.9. The van der Waals surface area contributed by atoms with Crippen LogP contribution in [0.2, 0.25) is 0 Å². The van der Waals surface area contributed by atoms with Crippen molar-refractivity contribution in [2.24, 2.45) is 5.92 Å². The molecule has 0 bridgehead atoms. The number of amides is 1. The molecule has 0 spiro atoms. The number of carbonyl (C=O) groups excluding carboxylic acids is 1. The maximum atomic E-state index is 12.3. The second-order valence-corrected chi connectivity index (χ2v) is 7.70. The lowest BCUT2D eigenvalue weighted by Gasteiger charge is -2.24. The highest BCUT2D eigenvalue weighted by Crippen LogP contribution is 2.42. The lowest BCUT2D eigenvalue weighted by atomic mass is 9.83. The molecular weight excluding hydrogens is 302 g/mol. The van der Waals surface area contributed by atoms with Crippen LogP contribution in [0.3, 0.4) is 0 Å². The third-order valence-corrected chi connectivity index (χ3v) is 5.11. The highest BCUT2D eigenvalue weighted by molar-refractivity contribution is 5.86. The van der Waals surface area contributed by atoms with Crippen molar-refractivity contribution in [2.45, 2.75) is 44.3 Å². The van der Waals surface area contributed by atoms with Crippen molar-refractivity contribution in [3.05, 3.63) is 59.5 Å². The first-order chi connectivity index (χ1) is 11.4. The standard InChI is InChI=1S/C19H23N3O2/c1-19(2,3)12-8-6-11(7-9-12)15-14-16(13-5-4-10-24-13)21-22-17(14)18(23)20-15/h4-10,14-17,21-22H,1-3H3,(H,20,23). The van der Waals surface area contributed by atoms with Crippen LogP contribution in [0.15, 0.2) is 47.1 Å². The van der Waals surface area contributed by atoms with Gasteiger partial charge in [0.25, 0.3) is 0 Å².